The minimum absolute atomic E-state index is 0.450. The molecule has 0 fully saturated rings. The van der Waals surface area contributed by atoms with Gasteiger partial charge in [0.05, 0.1) is 15.9 Å². The van der Waals surface area contributed by atoms with Gasteiger partial charge in [-0.3, -0.25) is 4.68 Å². The number of hydrogen-bond acceptors (Lipinski definition) is 1. The van der Waals surface area contributed by atoms with Crippen LogP contribution in [0.1, 0.15) is 41.2 Å². The maximum absolute atomic E-state index is 4.72. The summed E-state index contributed by atoms with van der Waals surface area (Å²) in [4.78, 5) is 0.450. The summed E-state index contributed by atoms with van der Waals surface area (Å²) in [5, 5.41) is 4.72. The third kappa shape index (κ3) is 2.72. The number of rotatable bonds is 4. The predicted octanol–water partition coefficient (Wildman–Crippen LogP) is 5.08. The highest BCUT2D eigenvalue weighted by Gasteiger charge is 2.31. The fourth-order valence-electron chi connectivity index (χ4n) is 3.27. The number of alkyl halides is 1. The Morgan fingerprint density at radius 2 is 2.05 bits per heavy atom. The number of benzene rings is 1. The van der Waals surface area contributed by atoms with Gasteiger partial charge < -0.3 is 0 Å². The number of fused-ring (bicyclic) bond motifs is 1. The Morgan fingerprint density at radius 3 is 2.71 bits per heavy atom. The zero-order valence-corrected chi connectivity index (χ0v) is 15.6. The first-order chi connectivity index (χ1) is 10.2. The molecule has 0 radical (unpaired) electrons. The number of aromatic nitrogens is 2. The molecule has 0 aliphatic heterocycles. The molecular formula is C17H20Br2N2. The molecule has 21 heavy (non-hydrogen) atoms. The molecule has 2 aromatic rings. The van der Waals surface area contributed by atoms with E-state index in [1.54, 1.807) is 0 Å². The Bertz CT molecular complexity index is 648. The lowest BCUT2D eigenvalue weighted by Crippen LogP contribution is -2.12. The highest BCUT2D eigenvalue weighted by molar-refractivity contribution is 9.10. The Hall–Kier alpha value is -0.610. The Kier molecular flexibility index (Phi) is 4.55. The highest BCUT2D eigenvalue weighted by atomic mass is 79.9. The largest absolute Gasteiger partial charge is 0.268 e. The molecule has 0 saturated carbocycles. The van der Waals surface area contributed by atoms with Crippen LogP contribution >= 0.6 is 31.9 Å². The normalized spacial score (nSPS) is 20.8. The van der Waals surface area contributed by atoms with Crippen LogP contribution in [0.25, 0.3) is 0 Å². The first-order valence-electron chi connectivity index (χ1n) is 7.61. The van der Waals surface area contributed by atoms with Gasteiger partial charge in [0.1, 0.15) is 0 Å². The van der Waals surface area contributed by atoms with Crippen LogP contribution in [-0.2, 0) is 25.8 Å². The lowest BCUT2D eigenvalue weighted by atomic mass is 9.99. The maximum atomic E-state index is 4.72. The van der Waals surface area contributed by atoms with E-state index in [-0.39, 0.29) is 0 Å². The molecule has 1 aliphatic carbocycles. The smallest absolute Gasteiger partial charge is 0.0766 e. The van der Waals surface area contributed by atoms with E-state index in [2.05, 4.69) is 74.7 Å². The van der Waals surface area contributed by atoms with Crippen LogP contribution in [0.15, 0.2) is 28.7 Å². The summed E-state index contributed by atoms with van der Waals surface area (Å²) in [5.74, 6) is 0.602. The van der Waals surface area contributed by atoms with E-state index in [4.69, 9.17) is 5.10 Å². The van der Waals surface area contributed by atoms with Gasteiger partial charge in [-0.25, -0.2) is 0 Å². The first-order valence-corrected chi connectivity index (χ1v) is 9.32. The predicted molar refractivity (Wildman–Crippen MR) is 94.0 cm³/mol. The molecule has 1 heterocycles. The van der Waals surface area contributed by atoms with E-state index in [0.29, 0.717) is 10.7 Å². The minimum atomic E-state index is 0.450. The van der Waals surface area contributed by atoms with E-state index in [1.165, 1.54) is 27.0 Å². The lowest BCUT2D eigenvalue weighted by molar-refractivity contribution is 0.511. The SMILES string of the molecule is CCc1nn(CC)c(CC2Cc3ccccc3C2Br)c1Br. The summed E-state index contributed by atoms with van der Waals surface area (Å²) < 4.78 is 3.37. The molecule has 2 unspecified atom stereocenters. The molecule has 2 atom stereocenters. The second kappa shape index (κ2) is 6.25. The molecule has 0 N–H and O–H groups in total. The van der Waals surface area contributed by atoms with Crippen LogP contribution in [-0.4, -0.2) is 9.78 Å². The second-order valence-corrected chi connectivity index (χ2v) is 7.43. The summed E-state index contributed by atoms with van der Waals surface area (Å²) in [6.07, 6.45) is 3.18. The number of halogens is 2. The molecule has 4 heteroatoms. The summed E-state index contributed by atoms with van der Waals surface area (Å²) in [7, 11) is 0. The zero-order chi connectivity index (χ0) is 15.0. The van der Waals surface area contributed by atoms with Gasteiger partial charge in [0.2, 0.25) is 0 Å². The third-order valence-electron chi connectivity index (χ3n) is 4.40. The van der Waals surface area contributed by atoms with Crippen LogP contribution in [0.4, 0.5) is 0 Å². The van der Waals surface area contributed by atoms with Crippen molar-refractivity contribution in [1.82, 2.24) is 9.78 Å². The molecule has 0 amide bonds. The molecular weight excluding hydrogens is 392 g/mol. The summed E-state index contributed by atoms with van der Waals surface area (Å²) in [6.45, 7) is 5.26. The van der Waals surface area contributed by atoms with Crippen molar-refractivity contribution in [3.05, 3.63) is 51.3 Å². The molecule has 1 aromatic carbocycles. The fourth-order valence-corrected chi connectivity index (χ4v) is 4.81. The summed E-state index contributed by atoms with van der Waals surface area (Å²) >= 11 is 7.68. The third-order valence-corrected chi connectivity index (χ3v) is 6.55. The van der Waals surface area contributed by atoms with Crippen molar-refractivity contribution >= 4 is 31.9 Å². The van der Waals surface area contributed by atoms with Crippen molar-refractivity contribution < 1.29 is 0 Å². The van der Waals surface area contributed by atoms with Crippen molar-refractivity contribution in [3.63, 3.8) is 0 Å². The van der Waals surface area contributed by atoms with Crippen LogP contribution < -0.4 is 0 Å². The van der Waals surface area contributed by atoms with Gasteiger partial charge >= 0.3 is 0 Å². The molecule has 112 valence electrons. The summed E-state index contributed by atoms with van der Waals surface area (Å²) in [5.41, 5.74) is 5.46. The van der Waals surface area contributed by atoms with Gasteiger partial charge in [0.15, 0.2) is 0 Å². The average Bonchev–Trinajstić information content (AvgIpc) is 2.99. The zero-order valence-electron chi connectivity index (χ0n) is 12.4. The van der Waals surface area contributed by atoms with Crippen LogP contribution in [0.2, 0.25) is 0 Å². The van der Waals surface area contributed by atoms with Gasteiger partial charge in [-0.15, -0.1) is 0 Å². The Morgan fingerprint density at radius 1 is 1.29 bits per heavy atom. The van der Waals surface area contributed by atoms with Crippen molar-refractivity contribution in [2.45, 2.75) is 44.5 Å². The number of aryl methyl sites for hydroxylation is 2. The van der Waals surface area contributed by atoms with E-state index >= 15 is 0 Å². The minimum Gasteiger partial charge on any atom is -0.268 e. The Balaban J connectivity index is 1.87. The molecule has 1 aromatic heterocycles. The number of hydrogen-bond donors (Lipinski definition) is 0. The van der Waals surface area contributed by atoms with Gasteiger partial charge in [0.25, 0.3) is 0 Å². The van der Waals surface area contributed by atoms with Crippen LogP contribution in [0, 0.1) is 5.92 Å². The van der Waals surface area contributed by atoms with Gasteiger partial charge in [0, 0.05) is 11.4 Å². The molecule has 0 bridgehead atoms. The molecule has 3 rings (SSSR count). The van der Waals surface area contributed by atoms with Crippen LogP contribution in [0.5, 0.6) is 0 Å². The van der Waals surface area contributed by atoms with Gasteiger partial charge in [-0.1, -0.05) is 47.1 Å². The average molecular weight is 412 g/mol. The summed E-state index contributed by atoms with van der Waals surface area (Å²) in [6, 6.07) is 8.78. The second-order valence-electron chi connectivity index (χ2n) is 5.65. The standard InChI is InChI=1S/C17H20Br2N2/c1-3-14-17(19)15(21(4-2)20-14)10-12-9-11-7-5-6-8-13(11)16(12)18/h5-8,12,16H,3-4,9-10H2,1-2H3. The van der Waals surface area contributed by atoms with Gasteiger partial charge in [-0.05, 0) is 59.2 Å². The van der Waals surface area contributed by atoms with Crippen molar-refractivity contribution in [1.29, 1.82) is 0 Å². The van der Waals surface area contributed by atoms with E-state index in [0.717, 1.165) is 25.8 Å². The van der Waals surface area contributed by atoms with E-state index in [1.807, 2.05) is 0 Å². The molecule has 0 spiro atoms. The lowest BCUT2D eigenvalue weighted by Gasteiger charge is -2.15. The molecule has 0 saturated heterocycles. The Labute approximate surface area is 143 Å². The topological polar surface area (TPSA) is 17.8 Å². The van der Waals surface area contributed by atoms with E-state index in [9.17, 15) is 0 Å². The van der Waals surface area contributed by atoms with Crippen molar-refractivity contribution in [2.75, 3.05) is 0 Å². The van der Waals surface area contributed by atoms with Crippen molar-refractivity contribution in [2.24, 2.45) is 5.92 Å². The highest BCUT2D eigenvalue weighted by Crippen LogP contribution is 2.44. The fraction of sp³-hybridized carbons (Fsp3) is 0.471. The first kappa shape index (κ1) is 15.3. The van der Waals surface area contributed by atoms with Gasteiger partial charge in [-0.2, -0.15) is 5.10 Å². The maximum Gasteiger partial charge on any atom is 0.0766 e. The number of nitrogens with zero attached hydrogens (tertiary/aromatic N) is 2. The van der Waals surface area contributed by atoms with E-state index < -0.39 is 0 Å². The quantitative estimate of drug-likeness (QED) is 0.641. The molecule has 2 nitrogen and oxygen atoms in total. The van der Waals surface area contributed by atoms with Crippen LogP contribution in [0.3, 0.4) is 0 Å². The van der Waals surface area contributed by atoms with Crippen molar-refractivity contribution in [3.8, 4) is 0 Å². The molecule has 1 aliphatic rings. The monoisotopic (exact) mass is 410 g/mol.